The van der Waals surface area contributed by atoms with Crippen LogP contribution in [-0.2, 0) is 0 Å². The number of rotatable bonds is 4. The number of benzene rings is 3. The van der Waals surface area contributed by atoms with Gasteiger partial charge in [-0.25, -0.2) is 4.39 Å². The lowest BCUT2D eigenvalue weighted by atomic mass is 10.2. The zero-order valence-electron chi connectivity index (χ0n) is 12.3. The summed E-state index contributed by atoms with van der Waals surface area (Å²) in [5, 5.41) is 6.11. The Morgan fingerprint density at radius 1 is 0.739 bits per heavy atom. The fourth-order valence-corrected chi connectivity index (χ4v) is 2.17. The van der Waals surface area contributed by atoms with Crippen molar-refractivity contribution in [2.24, 2.45) is 0 Å². The molecule has 3 aromatic carbocycles. The van der Waals surface area contributed by atoms with E-state index in [1.807, 2.05) is 54.6 Å². The van der Waals surface area contributed by atoms with Gasteiger partial charge in [-0.1, -0.05) is 30.3 Å². The summed E-state index contributed by atoms with van der Waals surface area (Å²) in [6.07, 6.45) is 0. The van der Waals surface area contributed by atoms with Crippen molar-refractivity contribution in [3.63, 3.8) is 0 Å². The van der Waals surface area contributed by atoms with Gasteiger partial charge in [0.2, 0.25) is 0 Å². The Morgan fingerprint density at radius 3 is 2.04 bits per heavy atom. The predicted molar refractivity (Wildman–Crippen MR) is 90.5 cm³/mol. The van der Waals surface area contributed by atoms with E-state index in [0.29, 0.717) is 11.3 Å². The van der Waals surface area contributed by atoms with E-state index in [-0.39, 0.29) is 11.7 Å². The smallest absolute Gasteiger partial charge is 0.255 e. The molecule has 23 heavy (non-hydrogen) atoms. The Kier molecular flexibility index (Phi) is 4.34. The monoisotopic (exact) mass is 306 g/mol. The minimum atomic E-state index is -0.368. The van der Waals surface area contributed by atoms with Crippen LogP contribution in [-0.4, -0.2) is 5.91 Å². The maximum absolute atomic E-state index is 12.9. The maximum Gasteiger partial charge on any atom is 0.255 e. The minimum absolute atomic E-state index is 0.285. The van der Waals surface area contributed by atoms with Crippen molar-refractivity contribution in [1.82, 2.24) is 0 Å². The zero-order valence-corrected chi connectivity index (χ0v) is 12.3. The third-order valence-electron chi connectivity index (χ3n) is 3.33. The molecule has 0 aliphatic carbocycles. The predicted octanol–water partition coefficient (Wildman–Crippen LogP) is 4.82. The van der Waals surface area contributed by atoms with Gasteiger partial charge < -0.3 is 10.6 Å². The number of para-hydroxylation sites is 3. The van der Waals surface area contributed by atoms with Crippen LogP contribution >= 0.6 is 0 Å². The fourth-order valence-electron chi connectivity index (χ4n) is 2.17. The maximum atomic E-state index is 12.9. The molecule has 0 heterocycles. The topological polar surface area (TPSA) is 41.1 Å². The largest absolute Gasteiger partial charge is 0.354 e. The van der Waals surface area contributed by atoms with Gasteiger partial charge in [0.05, 0.1) is 11.4 Å². The van der Waals surface area contributed by atoms with Crippen LogP contribution in [0.4, 0.5) is 21.5 Å². The molecule has 0 saturated heterocycles. The van der Waals surface area contributed by atoms with Gasteiger partial charge in [0, 0.05) is 11.3 Å². The molecule has 0 atom stereocenters. The van der Waals surface area contributed by atoms with Crippen molar-refractivity contribution in [1.29, 1.82) is 0 Å². The minimum Gasteiger partial charge on any atom is -0.354 e. The molecule has 0 saturated carbocycles. The second-order valence-electron chi connectivity index (χ2n) is 5.00. The van der Waals surface area contributed by atoms with Crippen LogP contribution in [0.25, 0.3) is 0 Å². The van der Waals surface area contributed by atoms with Crippen LogP contribution in [0.1, 0.15) is 10.4 Å². The molecular formula is C19H15FN2O. The van der Waals surface area contributed by atoms with Gasteiger partial charge in [-0.3, -0.25) is 4.79 Å². The average Bonchev–Trinajstić information content (AvgIpc) is 2.58. The fraction of sp³-hybridized carbons (Fsp3) is 0. The highest BCUT2D eigenvalue weighted by Gasteiger charge is 2.09. The molecule has 2 N–H and O–H groups in total. The molecule has 0 spiro atoms. The number of hydrogen-bond acceptors (Lipinski definition) is 2. The molecule has 1 amide bonds. The number of anilines is 3. The lowest BCUT2D eigenvalue weighted by molar-refractivity contribution is 0.102. The summed E-state index contributed by atoms with van der Waals surface area (Å²) in [7, 11) is 0. The van der Waals surface area contributed by atoms with Crippen LogP contribution in [0.2, 0.25) is 0 Å². The SMILES string of the molecule is O=C(Nc1ccccc1Nc1ccccc1)c1ccc(F)cc1. The van der Waals surface area contributed by atoms with Crippen molar-refractivity contribution in [2.45, 2.75) is 0 Å². The van der Waals surface area contributed by atoms with Gasteiger partial charge in [-0.05, 0) is 48.5 Å². The Morgan fingerprint density at radius 2 is 1.35 bits per heavy atom. The summed E-state index contributed by atoms with van der Waals surface area (Å²) in [6, 6.07) is 22.6. The molecule has 0 unspecified atom stereocenters. The van der Waals surface area contributed by atoms with Gasteiger partial charge in [-0.15, -0.1) is 0 Å². The van der Waals surface area contributed by atoms with E-state index in [1.54, 1.807) is 0 Å². The first-order valence-electron chi connectivity index (χ1n) is 7.20. The summed E-state index contributed by atoms with van der Waals surface area (Å²) in [5.74, 6) is -0.653. The van der Waals surface area contributed by atoms with Gasteiger partial charge in [0.1, 0.15) is 5.82 Å². The van der Waals surface area contributed by atoms with Crippen molar-refractivity contribution in [3.05, 3.63) is 90.2 Å². The number of hydrogen-bond donors (Lipinski definition) is 2. The Labute approximate surface area is 133 Å². The molecule has 0 aliphatic heterocycles. The Bertz CT molecular complexity index is 801. The third-order valence-corrected chi connectivity index (χ3v) is 3.33. The average molecular weight is 306 g/mol. The van der Waals surface area contributed by atoms with E-state index < -0.39 is 0 Å². The number of nitrogens with one attached hydrogen (secondary N) is 2. The Hall–Kier alpha value is -3.14. The molecule has 4 heteroatoms. The highest BCUT2D eigenvalue weighted by Crippen LogP contribution is 2.25. The van der Waals surface area contributed by atoms with E-state index in [0.717, 1.165) is 11.4 Å². The third kappa shape index (κ3) is 3.74. The van der Waals surface area contributed by atoms with Crippen molar-refractivity contribution < 1.29 is 9.18 Å². The first-order chi connectivity index (χ1) is 11.2. The molecule has 0 aliphatic rings. The van der Waals surface area contributed by atoms with Crippen molar-refractivity contribution in [2.75, 3.05) is 10.6 Å². The van der Waals surface area contributed by atoms with Crippen LogP contribution in [0.3, 0.4) is 0 Å². The number of amides is 1. The van der Waals surface area contributed by atoms with Gasteiger partial charge >= 0.3 is 0 Å². The molecular weight excluding hydrogens is 291 g/mol. The Balaban J connectivity index is 1.80. The van der Waals surface area contributed by atoms with E-state index >= 15 is 0 Å². The molecule has 114 valence electrons. The molecule has 0 fully saturated rings. The first-order valence-corrected chi connectivity index (χ1v) is 7.20. The van der Waals surface area contributed by atoms with Crippen LogP contribution in [0.15, 0.2) is 78.9 Å². The van der Waals surface area contributed by atoms with Crippen LogP contribution in [0, 0.1) is 5.82 Å². The van der Waals surface area contributed by atoms with Crippen LogP contribution in [0.5, 0.6) is 0 Å². The summed E-state index contributed by atoms with van der Waals surface area (Å²) < 4.78 is 12.9. The number of halogens is 1. The van der Waals surface area contributed by atoms with Gasteiger partial charge in [-0.2, -0.15) is 0 Å². The standard InChI is InChI=1S/C19H15FN2O/c20-15-12-10-14(11-13-15)19(23)22-18-9-5-4-8-17(18)21-16-6-2-1-3-7-16/h1-13,21H,(H,22,23). The van der Waals surface area contributed by atoms with Gasteiger partial charge in [0.15, 0.2) is 0 Å². The molecule has 3 rings (SSSR count). The summed E-state index contributed by atoms with van der Waals surface area (Å²) in [4.78, 5) is 12.3. The second kappa shape index (κ2) is 6.75. The number of carbonyl (C=O) groups is 1. The molecule has 0 radical (unpaired) electrons. The zero-order chi connectivity index (χ0) is 16.1. The molecule has 0 bridgehead atoms. The highest BCUT2D eigenvalue weighted by atomic mass is 19.1. The van der Waals surface area contributed by atoms with E-state index in [1.165, 1.54) is 24.3 Å². The molecule has 3 aromatic rings. The highest BCUT2D eigenvalue weighted by molar-refractivity contribution is 6.06. The molecule has 0 aromatic heterocycles. The summed E-state index contributed by atoms with van der Waals surface area (Å²) in [5.41, 5.74) is 2.77. The lowest BCUT2D eigenvalue weighted by Gasteiger charge is -2.13. The van der Waals surface area contributed by atoms with Crippen molar-refractivity contribution >= 4 is 23.0 Å². The molecule has 3 nitrogen and oxygen atoms in total. The normalized spacial score (nSPS) is 10.1. The van der Waals surface area contributed by atoms with E-state index in [2.05, 4.69) is 10.6 Å². The lowest BCUT2D eigenvalue weighted by Crippen LogP contribution is -2.13. The van der Waals surface area contributed by atoms with Gasteiger partial charge in [0.25, 0.3) is 5.91 Å². The number of carbonyl (C=O) groups excluding carboxylic acids is 1. The summed E-state index contributed by atoms with van der Waals surface area (Å²) in [6.45, 7) is 0. The van der Waals surface area contributed by atoms with Crippen molar-refractivity contribution in [3.8, 4) is 0 Å². The first kappa shape index (κ1) is 14.8. The van der Waals surface area contributed by atoms with Crippen LogP contribution < -0.4 is 10.6 Å². The van der Waals surface area contributed by atoms with E-state index in [4.69, 9.17) is 0 Å². The summed E-state index contributed by atoms with van der Waals surface area (Å²) >= 11 is 0. The second-order valence-corrected chi connectivity index (χ2v) is 5.00. The van der Waals surface area contributed by atoms with E-state index in [9.17, 15) is 9.18 Å². The quantitative estimate of drug-likeness (QED) is 0.725.